The quantitative estimate of drug-likeness (QED) is 0.483. The lowest BCUT2D eigenvalue weighted by Crippen LogP contribution is -2.40. The average molecular weight is 443 g/mol. The second kappa shape index (κ2) is 7.49. The van der Waals surface area contributed by atoms with Gasteiger partial charge in [-0.05, 0) is 85.0 Å². The van der Waals surface area contributed by atoms with Crippen molar-refractivity contribution in [1.82, 2.24) is 20.6 Å². The molecule has 2 atom stereocenters. The third-order valence-electron chi connectivity index (χ3n) is 6.31. The summed E-state index contributed by atoms with van der Waals surface area (Å²) in [7, 11) is 0. The number of nitrogens with zero attached hydrogens (tertiary/aromatic N) is 2. The van der Waals surface area contributed by atoms with Crippen LogP contribution in [0.25, 0.3) is 23.5 Å². The van der Waals surface area contributed by atoms with E-state index in [9.17, 15) is 0 Å². The highest BCUT2D eigenvalue weighted by Crippen LogP contribution is 2.24. The molecule has 2 aromatic rings. The predicted molar refractivity (Wildman–Crippen MR) is 138 cm³/mol. The minimum Gasteiger partial charge on any atom is -0.376 e. The van der Waals surface area contributed by atoms with Crippen LogP contribution in [0.2, 0.25) is 0 Å². The highest BCUT2D eigenvalue weighted by Gasteiger charge is 2.24. The Hall–Kier alpha value is -4.58. The molecule has 12 bridgehead atoms. The van der Waals surface area contributed by atoms with Crippen molar-refractivity contribution in [2.75, 3.05) is 0 Å². The molecule has 0 radical (unpaired) electrons. The fraction of sp³-hybridized carbons (Fsp3) is 0.0714. The van der Waals surface area contributed by atoms with Gasteiger partial charge in [0.15, 0.2) is 0 Å². The van der Waals surface area contributed by atoms with Crippen LogP contribution in [-0.2, 0) is 0 Å². The van der Waals surface area contributed by atoms with Gasteiger partial charge in [-0.15, -0.1) is 0 Å². The molecular weight excluding hydrogens is 420 g/mol. The highest BCUT2D eigenvalue weighted by molar-refractivity contribution is 6.08. The maximum Gasteiger partial charge on any atom is 0.0686 e. The molecule has 7 heterocycles. The van der Waals surface area contributed by atoms with Crippen molar-refractivity contribution in [2.45, 2.75) is 12.1 Å². The molecule has 0 saturated carbocycles. The molecule has 0 spiro atoms. The molecule has 0 aromatic carbocycles. The number of fused-ring (bicyclic) bond motifs is 12. The standard InChI is InChI=1S/C28H22N6/c1-2-18-14-22-6-10-27(32-22)28-12-8-24(34-28)16-20-4-3-19(30-20)15-23-7-11-26(33-23)25-9-5-21(31-25)13-17(1)29-18/h1-16,25-26,31-34H/b18-14-,20-16-,21-13-,23-15-. The Balaban J connectivity index is 1.27. The normalized spacial score (nSPS) is 29.9. The van der Waals surface area contributed by atoms with Crippen LogP contribution in [0.4, 0.5) is 0 Å². The van der Waals surface area contributed by atoms with Crippen molar-refractivity contribution in [3.05, 3.63) is 119 Å². The summed E-state index contributed by atoms with van der Waals surface area (Å²) in [6.07, 6.45) is 25.1. The van der Waals surface area contributed by atoms with Gasteiger partial charge in [-0.2, -0.15) is 0 Å². The molecule has 164 valence electrons. The van der Waals surface area contributed by atoms with E-state index >= 15 is 0 Å². The number of hydrogen-bond donors (Lipinski definition) is 4. The lowest BCUT2D eigenvalue weighted by Gasteiger charge is -2.19. The topological polar surface area (TPSA) is 80.4 Å². The Morgan fingerprint density at radius 2 is 1.03 bits per heavy atom. The molecule has 0 amide bonds. The zero-order chi connectivity index (χ0) is 22.5. The van der Waals surface area contributed by atoms with Gasteiger partial charge in [0.2, 0.25) is 0 Å². The van der Waals surface area contributed by atoms with Gasteiger partial charge in [0.1, 0.15) is 0 Å². The minimum absolute atomic E-state index is 0.184. The van der Waals surface area contributed by atoms with Crippen LogP contribution >= 0.6 is 0 Å². The molecule has 0 fully saturated rings. The summed E-state index contributed by atoms with van der Waals surface area (Å²) in [5.41, 5.74) is 9.93. The summed E-state index contributed by atoms with van der Waals surface area (Å²) in [4.78, 5) is 16.5. The molecule has 34 heavy (non-hydrogen) atoms. The van der Waals surface area contributed by atoms with Gasteiger partial charge in [-0.3, -0.25) is 0 Å². The summed E-state index contributed by atoms with van der Waals surface area (Å²) in [6, 6.07) is 8.67. The minimum atomic E-state index is 0.184. The van der Waals surface area contributed by atoms with Gasteiger partial charge in [-0.25, -0.2) is 9.98 Å². The van der Waals surface area contributed by atoms with E-state index < -0.39 is 0 Å². The first kappa shape index (κ1) is 18.9. The molecule has 4 N–H and O–H groups in total. The first-order valence-electron chi connectivity index (χ1n) is 11.4. The Kier molecular flexibility index (Phi) is 4.17. The second-order valence-corrected chi connectivity index (χ2v) is 8.79. The van der Waals surface area contributed by atoms with Crippen LogP contribution in [-0.4, -0.2) is 33.5 Å². The lowest BCUT2D eigenvalue weighted by atomic mass is 10.1. The lowest BCUT2D eigenvalue weighted by molar-refractivity contribution is 0.578. The Bertz CT molecular complexity index is 1390. The van der Waals surface area contributed by atoms with Gasteiger partial charge in [-0.1, -0.05) is 12.2 Å². The Labute approximate surface area is 197 Å². The number of allylic oxidation sites excluding steroid dienone is 8. The number of H-pyrrole nitrogens is 2. The Morgan fingerprint density at radius 1 is 0.529 bits per heavy atom. The molecule has 2 aromatic heterocycles. The number of nitrogens with one attached hydrogen (secondary N) is 4. The smallest absolute Gasteiger partial charge is 0.0686 e. The fourth-order valence-corrected chi connectivity index (χ4v) is 4.64. The van der Waals surface area contributed by atoms with E-state index in [1.165, 1.54) is 0 Å². The predicted octanol–water partition coefficient (Wildman–Crippen LogP) is 4.55. The van der Waals surface area contributed by atoms with E-state index in [0.29, 0.717) is 0 Å². The van der Waals surface area contributed by atoms with Crippen LogP contribution in [0.3, 0.4) is 0 Å². The molecule has 0 saturated heterocycles. The molecule has 7 rings (SSSR count). The van der Waals surface area contributed by atoms with Crippen LogP contribution in [0.1, 0.15) is 11.4 Å². The zero-order valence-corrected chi connectivity index (χ0v) is 18.3. The summed E-state index contributed by atoms with van der Waals surface area (Å²) < 4.78 is 0. The van der Waals surface area contributed by atoms with E-state index in [-0.39, 0.29) is 12.1 Å². The third kappa shape index (κ3) is 3.55. The third-order valence-corrected chi connectivity index (χ3v) is 6.31. The van der Waals surface area contributed by atoms with Crippen LogP contribution in [0, 0.1) is 0 Å². The fourth-order valence-electron chi connectivity index (χ4n) is 4.64. The van der Waals surface area contributed by atoms with E-state index in [0.717, 1.165) is 57.0 Å². The zero-order valence-electron chi connectivity index (χ0n) is 18.3. The number of aromatic nitrogens is 2. The summed E-state index contributed by atoms with van der Waals surface area (Å²) in [6.45, 7) is 0. The molecule has 2 unspecified atom stereocenters. The number of aliphatic imine (C=N–C) groups is 2. The molecular formula is C28H22N6. The summed E-state index contributed by atoms with van der Waals surface area (Å²) >= 11 is 0. The SMILES string of the molecule is C1=C/C2=C/c3ccc([nH]3)-c3ccc([nH]3)/C=C3/C=CC(=N3)/C=C3/C=CC(N3)C3C=C/C(=C/C1=N2)N3. The maximum atomic E-state index is 4.76. The van der Waals surface area contributed by atoms with E-state index in [1.807, 2.05) is 24.3 Å². The average Bonchev–Trinajstić information content (AvgIpc) is 3.64. The van der Waals surface area contributed by atoms with Crippen molar-refractivity contribution in [3.8, 4) is 11.4 Å². The Morgan fingerprint density at radius 3 is 1.53 bits per heavy atom. The maximum absolute atomic E-state index is 4.76. The number of aromatic amines is 2. The van der Waals surface area contributed by atoms with Gasteiger partial charge < -0.3 is 20.6 Å². The van der Waals surface area contributed by atoms with Crippen LogP contribution < -0.4 is 10.6 Å². The van der Waals surface area contributed by atoms with E-state index in [1.54, 1.807) is 0 Å². The van der Waals surface area contributed by atoms with Crippen LogP contribution in [0.15, 0.2) is 118 Å². The van der Waals surface area contributed by atoms with Gasteiger partial charge in [0.05, 0.1) is 46.3 Å². The van der Waals surface area contributed by atoms with Gasteiger partial charge in [0, 0.05) is 22.8 Å². The molecule has 5 aliphatic heterocycles. The highest BCUT2D eigenvalue weighted by atomic mass is 15.1. The van der Waals surface area contributed by atoms with E-state index in [2.05, 4.69) is 93.5 Å². The van der Waals surface area contributed by atoms with E-state index in [4.69, 9.17) is 9.98 Å². The van der Waals surface area contributed by atoms with Crippen molar-refractivity contribution in [1.29, 1.82) is 0 Å². The molecule has 5 aliphatic rings. The number of rotatable bonds is 0. The largest absolute Gasteiger partial charge is 0.376 e. The van der Waals surface area contributed by atoms with Crippen molar-refractivity contribution in [3.63, 3.8) is 0 Å². The van der Waals surface area contributed by atoms with Crippen LogP contribution in [0.5, 0.6) is 0 Å². The number of hydrogen-bond acceptors (Lipinski definition) is 4. The molecule has 6 nitrogen and oxygen atoms in total. The summed E-state index contributed by atoms with van der Waals surface area (Å²) in [5, 5.41) is 7.17. The van der Waals surface area contributed by atoms with Crippen molar-refractivity contribution in [2.24, 2.45) is 9.98 Å². The summed E-state index contributed by atoms with van der Waals surface area (Å²) in [5.74, 6) is 0. The van der Waals surface area contributed by atoms with Crippen molar-refractivity contribution >= 4 is 23.6 Å². The first-order chi connectivity index (χ1) is 16.7. The monoisotopic (exact) mass is 442 g/mol. The van der Waals surface area contributed by atoms with Crippen molar-refractivity contribution < 1.29 is 0 Å². The molecule has 6 heteroatoms. The first-order valence-corrected chi connectivity index (χ1v) is 11.4. The second-order valence-electron chi connectivity index (χ2n) is 8.79. The van der Waals surface area contributed by atoms with Gasteiger partial charge in [0.25, 0.3) is 0 Å². The molecule has 0 aliphatic carbocycles. The van der Waals surface area contributed by atoms with Gasteiger partial charge >= 0.3 is 0 Å².